The van der Waals surface area contributed by atoms with Gasteiger partial charge in [-0.2, -0.15) is 0 Å². The third-order valence-electron chi connectivity index (χ3n) is 5.11. The summed E-state index contributed by atoms with van der Waals surface area (Å²) in [5, 5.41) is 2.98. The quantitative estimate of drug-likeness (QED) is 0.412. The first-order valence-corrected chi connectivity index (χ1v) is 10.3. The Bertz CT molecular complexity index is 1140. The highest BCUT2D eigenvalue weighted by Gasteiger charge is 2.06. The van der Waals surface area contributed by atoms with Crippen molar-refractivity contribution in [3.05, 3.63) is 102 Å². The highest BCUT2D eigenvalue weighted by Crippen LogP contribution is 2.18. The van der Waals surface area contributed by atoms with Gasteiger partial charge in [-0.05, 0) is 40.7 Å². The maximum atomic E-state index is 12.4. The summed E-state index contributed by atoms with van der Waals surface area (Å²) in [6.45, 7) is 0.478. The second kappa shape index (κ2) is 9.71. The van der Waals surface area contributed by atoms with E-state index < -0.39 is 0 Å². The summed E-state index contributed by atoms with van der Waals surface area (Å²) in [6, 6.07) is 20.4. The summed E-state index contributed by atoms with van der Waals surface area (Å²) in [7, 11) is 0. The third-order valence-corrected chi connectivity index (χ3v) is 5.11. The van der Waals surface area contributed by atoms with Crippen LogP contribution in [-0.4, -0.2) is 20.9 Å². The van der Waals surface area contributed by atoms with Crippen LogP contribution in [0.3, 0.4) is 0 Å². The fourth-order valence-electron chi connectivity index (χ4n) is 3.44. The van der Waals surface area contributed by atoms with Crippen LogP contribution in [0.4, 0.5) is 5.95 Å². The largest absolute Gasteiger partial charge is 0.369 e. The number of hydrogen-bond acceptors (Lipinski definition) is 4. The van der Waals surface area contributed by atoms with Crippen molar-refractivity contribution in [3.63, 3.8) is 0 Å². The van der Waals surface area contributed by atoms with Crippen LogP contribution in [-0.2, 0) is 30.6 Å². The molecule has 6 nitrogen and oxygen atoms in total. The standard InChI is InChI=1S/C25H25N5O/c26-25-29-17-23(30-25)22-10-8-19(9-11-22)16-28-24(31)13-21-12-20(14-27-15-21)7-6-18-4-2-1-3-5-18/h1-5,8-12,14-15,17H,6-7,13,16H2,(H,28,31)(H3,26,29,30). The zero-order chi connectivity index (χ0) is 21.5. The van der Waals surface area contributed by atoms with Gasteiger partial charge in [0.2, 0.25) is 5.91 Å². The van der Waals surface area contributed by atoms with Gasteiger partial charge in [0, 0.05) is 18.9 Å². The molecule has 0 saturated heterocycles. The van der Waals surface area contributed by atoms with Crippen LogP contribution in [0, 0.1) is 0 Å². The Balaban J connectivity index is 1.27. The number of rotatable bonds is 8. The summed E-state index contributed by atoms with van der Waals surface area (Å²) in [5.41, 5.74) is 11.9. The molecule has 2 aromatic heterocycles. The van der Waals surface area contributed by atoms with Gasteiger partial charge in [-0.1, -0.05) is 60.7 Å². The molecule has 0 atom stereocenters. The van der Waals surface area contributed by atoms with Gasteiger partial charge in [0.1, 0.15) is 0 Å². The molecular formula is C25H25N5O. The van der Waals surface area contributed by atoms with Crippen molar-refractivity contribution in [2.45, 2.75) is 25.8 Å². The number of aromatic amines is 1. The van der Waals surface area contributed by atoms with Gasteiger partial charge in [-0.15, -0.1) is 0 Å². The number of imidazole rings is 1. The van der Waals surface area contributed by atoms with Crippen LogP contribution < -0.4 is 11.1 Å². The molecule has 0 aliphatic heterocycles. The van der Waals surface area contributed by atoms with E-state index in [1.807, 2.05) is 36.5 Å². The molecule has 0 saturated carbocycles. The predicted molar refractivity (Wildman–Crippen MR) is 122 cm³/mol. The van der Waals surface area contributed by atoms with Gasteiger partial charge in [-0.3, -0.25) is 9.78 Å². The van der Waals surface area contributed by atoms with Gasteiger partial charge in [-0.25, -0.2) is 4.98 Å². The van der Waals surface area contributed by atoms with E-state index in [0.29, 0.717) is 18.9 Å². The number of nitrogens with one attached hydrogen (secondary N) is 2. The lowest BCUT2D eigenvalue weighted by Crippen LogP contribution is -2.24. The first-order valence-electron chi connectivity index (χ1n) is 10.3. The number of amides is 1. The molecule has 6 heteroatoms. The van der Waals surface area contributed by atoms with Crippen LogP contribution in [0.1, 0.15) is 22.3 Å². The molecule has 4 N–H and O–H groups in total. The van der Waals surface area contributed by atoms with E-state index in [4.69, 9.17) is 5.73 Å². The van der Waals surface area contributed by atoms with Gasteiger partial charge in [0.15, 0.2) is 5.95 Å². The van der Waals surface area contributed by atoms with Crippen LogP contribution in [0.15, 0.2) is 79.3 Å². The molecule has 156 valence electrons. The van der Waals surface area contributed by atoms with Crippen LogP contribution in [0.2, 0.25) is 0 Å². The maximum absolute atomic E-state index is 12.4. The molecule has 0 spiro atoms. The predicted octanol–water partition coefficient (Wildman–Crippen LogP) is 3.70. The minimum atomic E-state index is -0.0209. The van der Waals surface area contributed by atoms with E-state index >= 15 is 0 Å². The highest BCUT2D eigenvalue weighted by atomic mass is 16.1. The zero-order valence-corrected chi connectivity index (χ0v) is 17.2. The van der Waals surface area contributed by atoms with Crippen molar-refractivity contribution < 1.29 is 4.79 Å². The number of carbonyl (C=O) groups excluding carboxylic acids is 1. The Morgan fingerprint density at radius 2 is 1.61 bits per heavy atom. The number of nitrogens with zero attached hydrogens (tertiary/aromatic N) is 2. The first-order chi connectivity index (χ1) is 15.2. The van der Waals surface area contributed by atoms with Crippen molar-refractivity contribution in [2.24, 2.45) is 0 Å². The van der Waals surface area contributed by atoms with E-state index in [0.717, 1.165) is 40.8 Å². The molecule has 2 heterocycles. The van der Waals surface area contributed by atoms with E-state index in [-0.39, 0.29) is 5.91 Å². The van der Waals surface area contributed by atoms with E-state index in [1.54, 1.807) is 12.4 Å². The number of pyridine rings is 1. The Hall–Kier alpha value is -3.93. The van der Waals surface area contributed by atoms with Crippen molar-refractivity contribution in [2.75, 3.05) is 5.73 Å². The number of hydrogen-bond donors (Lipinski definition) is 3. The number of carbonyl (C=O) groups is 1. The molecule has 1 amide bonds. The molecule has 0 fully saturated rings. The minimum absolute atomic E-state index is 0.0209. The molecule has 31 heavy (non-hydrogen) atoms. The van der Waals surface area contributed by atoms with Crippen LogP contribution >= 0.6 is 0 Å². The molecule has 0 radical (unpaired) electrons. The Labute approximate surface area is 181 Å². The molecule has 4 aromatic rings. The van der Waals surface area contributed by atoms with Crippen molar-refractivity contribution >= 4 is 11.9 Å². The molecule has 0 aliphatic carbocycles. The summed E-state index contributed by atoms with van der Waals surface area (Å²) in [4.78, 5) is 23.7. The number of H-pyrrole nitrogens is 1. The summed E-state index contributed by atoms with van der Waals surface area (Å²) < 4.78 is 0. The smallest absolute Gasteiger partial charge is 0.224 e. The number of benzene rings is 2. The molecule has 4 rings (SSSR count). The highest BCUT2D eigenvalue weighted by molar-refractivity contribution is 5.78. The zero-order valence-electron chi connectivity index (χ0n) is 17.2. The summed E-state index contributed by atoms with van der Waals surface area (Å²) >= 11 is 0. The fourth-order valence-corrected chi connectivity index (χ4v) is 3.44. The van der Waals surface area contributed by atoms with E-state index in [2.05, 4.69) is 50.6 Å². The Kier molecular flexibility index (Phi) is 6.38. The van der Waals surface area contributed by atoms with Crippen LogP contribution in [0.25, 0.3) is 11.3 Å². The lowest BCUT2D eigenvalue weighted by atomic mass is 10.0. The Morgan fingerprint density at radius 3 is 2.35 bits per heavy atom. The van der Waals surface area contributed by atoms with Gasteiger partial charge < -0.3 is 16.0 Å². The molecular weight excluding hydrogens is 386 g/mol. The summed E-state index contributed by atoms with van der Waals surface area (Å²) in [5.74, 6) is 0.373. The molecule has 2 aromatic carbocycles. The Morgan fingerprint density at radius 1 is 0.871 bits per heavy atom. The van der Waals surface area contributed by atoms with Crippen molar-refractivity contribution in [1.29, 1.82) is 0 Å². The number of anilines is 1. The summed E-state index contributed by atoms with van der Waals surface area (Å²) in [6.07, 6.45) is 7.52. The van der Waals surface area contributed by atoms with E-state index in [9.17, 15) is 4.79 Å². The maximum Gasteiger partial charge on any atom is 0.224 e. The van der Waals surface area contributed by atoms with Crippen molar-refractivity contribution in [3.8, 4) is 11.3 Å². The van der Waals surface area contributed by atoms with Gasteiger partial charge in [0.25, 0.3) is 0 Å². The first kappa shape index (κ1) is 20.3. The van der Waals surface area contributed by atoms with Gasteiger partial charge >= 0.3 is 0 Å². The number of nitrogens with two attached hydrogens (primary N) is 1. The monoisotopic (exact) mass is 411 g/mol. The van der Waals surface area contributed by atoms with Crippen molar-refractivity contribution in [1.82, 2.24) is 20.3 Å². The lowest BCUT2D eigenvalue weighted by Gasteiger charge is -2.08. The van der Waals surface area contributed by atoms with Gasteiger partial charge in [0.05, 0.1) is 18.3 Å². The van der Waals surface area contributed by atoms with E-state index in [1.165, 1.54) is 5.56 Å². The third kappa shape index (κ3) is 5.79. The number of aryl methyl sites for hydroxylation is 2. The SMILES string of the molecule is Nc1ncc(-c2ccc(CNC(=O)Cc3cncc(CCc4ccccc4)c3)cc2)[nH]1. The number of nitrogen functional groups attached to an aromatic ring is 1. The lowest BCUT2D eigenvalue weighted by molar-refractivity contribution is -0.120. The second-order valence-electron chi connectivity index (χ2n) is 7.52. The molecule has 0 unspecified atom stereocenters. The average Bonchev–Trinajstić information content (AvgIpc) is 3.24. The van der Waals surface area contributed by atoms with Crippen LogP contribution in [0.5, 0.6) is 0 Å². The minimum Gasteiger partial charge on any atom is -0.369 e. The average molecular weight is 412 g/mol. The normalized spacial score (nSPS) is 10.7. The molecule has 0 aliphatic rings. The molecule has 0 bridgehead atoms. The topological polar surface area (TPSA) is 96.7 Å². The fraction of sp³-hybridized carbons (Fsp3) is 0.160. The number of aromatic nitrogens is 3. The second-order valence-corrected chi connectivity index (χ2v) is 7.52.